The Morgan fingerprint density at radius 3 is 2.12 bits per heavy atom. The lowest BCUT2D eigenvalue weighted by atomic mass is 9.99. The molecule has 0 amide bonds. The molecule has 2 N–H and O–H groups in total. The summed E-state index contributed by atoms with van der Waals surface area (Å²) in [5.74, 6) is 1.05. The molecular weight excluding hydrogens is 208 g/mol. The molecule has 0 aliphatic rings. The Labute approximate surface area is 104 Å². The maximum Gasteiger partial charge on any atom is 0.127 e. The van der Waals surface area contributed by atoms with Crippen LogP contribution in [0.4, 0.5) is 5.82 Å². The van der Waals surface area contributed by atoms with Crippen LogP contribution in [0.25, 0.3) is 10.8 Å². The highest BCUT2D eigenvalue weighted by Gasteiger charge is 2.10. The van der Waals surface area contributed by atoms with Gasteiger partial charge in [-0.05, 0) is 23.8 Å². The summed E-state index contributed by atoms with van der Waals surface area (Å²) in [7, 11) is 0. The molecule has 1 aromatic heterocycles. The van der Waals surface area contributed by atoms with E-state index in [2.05, 4.69) is 31.0 Å². The van der Waals surface area contributed by atoms with Crippen LogP contribution in [0.1, 0.15) is 44.9 Å². The van der Waals surface area contributed by atoms with Gasteiger partial charge >= 0.3 is 0 Å². The number of aromatic nitrogens is 1. The summed E-state index contributed by atoms with van der Waals surface area (Å²) in [6, 6.07) is 8.31. The largest absolute Gasteiger partial charge is 0.383 e. The fraction of sp³-hybridized carbons (Fsp3) is 0.400. The predicted octanol–water partition coefficient (Wildman–Crippen LogP) is 4.28. The normalized spacial score (nSPS) is 10.2. The first-order valence-electron chi connectivity index (χ1n) is 6.26. The Hall–Kier alpha value is -1.57. The molecule has 0 aliphatic carbocycles. The van der Waals surface area contributed by atoms with Gasteiger partial charge in [0.15, 0.2) is 0 Å². The van der Waals surface area contributed by atoms with Gasteiger partial charge in [0.25, 0.3) is 0 Å². The van der Waals surface area contributed by atoms with Crippen molar-refractivity contribution in [3.8, 4) is 0 Å². The number of nitrogen functional groups attached to an aromatic ring is 1. The average molecular weight is 230 g/mol. The molecule has 0 atom stereocenters. The van der Waals surface area contributed by atoms with Crippen molar-refractivity contribution in [2.24, 2.45) is 0 Å². The Bertz CT molecular complexity index is 501. The summed E-state index contributed by atoms with van der Waals surface area (Å²) in [6.45, 7) is 10.3. The van der Waals surface area contributed by atoms with E-state index < -0.39 is 0 Å². The van der Waals surface area contributed by atoms with Crippen molar-refractivity contribution < 1.29 is 0 Å². The SMILES string of the molecule is CC.Cc1c(N)nc(C(C)C)c2ccccc12. The first-order valence-corrected chi connectivity index (χ1v) is 6.26. The van der Waals surface area contributed by atoms with E-state index in [9.17, 15) is 0 Å². The van der Waals surface area contributed by atoms with Crippen LogP contribution >= 0.6 is 0 Å². The number of hydrogen-bond donors (Lipinski definition) is 1. The van der Waals surface area contributed by atoms with Crippen molar-refractivity contribution in [1.29, 1.82) is 0 Å². The van der Waals surface area contributed by atoms with Crippen molar-refractivity contribution in [3.05, 3.63) is 35.5 Å². The van der Waals surface area contributed by atoms with Crippen molar-refractivity contribution in [3.63, 3.8) is 0 Å². The van der Waals surface area contributed by atoms with Crippen LogP contribution in [0.5, 0.6) is 0 Å². The number of hydrogen-bond acceptors (Lipinski definition) is 2. The lowest BCUT2D eigenvalue weighted by molar-refractivity contribution is 0.836. The molecule has 0 aliphatic heterocycles. The van der Waals surface area contributed by atoms with Crippen LogP contribution in [0.3, 0.4) is 0 Å². The summed E-state index contributed by atoms with van der Waals surface area (Å²) in [5, 5.41) is 2.44. The number of nitrogens with two attached hydrogens (primary N) is 1. The van der Waals surface area contributed by atoms with Crippen LogP contribution in [-0.4, -0.2) is 4.98 Å². The maximum atomic E-state index is 5.91. The Kier molecular flexibility index (Phi) is 4.50. The molecule has 92 valence electrons. The van der Waals surface area contributed by atoms with E-state index in [0.717, 1.165) is 11.3 Å². The Morgan fingerprint density at radius 1 is 1.06 bits per heavy atom. The molecule has 17 heavy (non-hydrogen) atoms. The van der Waals surface area contributed by atoms with E-state index in [4.69, 9.17) is 5.73 Å². The van der Waals surface area contributed by atoms with Crippen LogP contribution in [0.2, 0.25) is 0 Å². The smallest absolute Gasteiger partial charge is 0.127 e. The number of aryl methyl sites for hydroxylation is 1. The third-order valence-corrected chi connectivity index (χ3v) is 2.78. The van der Waals surface area contributed by atoms with E-state index in [1.54, 1.807) is 0 Å². The molecule has 0 unspecified atom stereocenters. The van der Waals surface area contributed by atoms with Gasteiger partial charge in [-0.3, -0.25) is 0 Å². The zero-order valence-electron chi connectivity index (χ0n) is 11.4. The number of fused-ring (bicyclic) bond motifs is 1. The van der Waals surface area contributed by atoms with Crippen molar-refractivity contribution in [1.82, 2.24) is 4.98 Å². The molecule has 0 saturated carbocycles. The fourth-order valence-electron chi connectivity index (χ4n) is 1.89. The number of anilines is 1. The zero-order chi connectivity index (χ0) is 13.0. The quantitative estimate of drug-likeness (QED) is 0.794. The van der Waals surface area contributed by atoms with Gasteiger partial charge in [-0.25, -0.2) is 4.98 Å². The van der Waals surface area contributed by atoms with Gasteiger partial charge in [0, 0.05) is 5.39 Å². The lowest BCUT2D eigenvalue weighted by Crippen LogP contribution is -2.02. The third kappa shape index (κ3) is 2.57. The Morgan fingerprint density at radius 2 is 1.59 bits per heavy atom. The minimum Gasteiger partial charge on any atom is -0.383 e. The first kappa shape index (κ1) is 13.5. The van der Waals surface area contributed by atoms with Gasteiger partial charge in [0.1, 0.15) is 5.82 Å². The van der Waals surface area contributed by atoms with E-state index in [1.165, 1.54) is 10.8 Å². The zero-order valence-corrected chi connectivity index (χ0v) is 11.4. The second-order valence-corrected chi connectivity index (χ2v) is 4.21. The number of pyridine rings is 1. The second kappa shape index (κ2) is 5.67. The molecule has 2 heteroatoms. The minimum atomic E-state index is 0.401. The number of rotatable bonds is 1. The molecule has 2 aromatic rings. The van der Waals surface area contributed by atoms with Gasteiger partial charge in [0.05, 0.1) is 5.69 Å². The standard InChI is InChI=1S/C13H16N2.C2H6/c1-8(2)12-11-7-5-4-6-10(11)9(3)13(14)15-12;1-2/h4-8H,1-3H3,(H2,14,15);1-2H3. The molecule has 0 saturated heterocycles. The predicted molar refractivity (Wildman–Crippen MR) is 76.3 cm³/mol. The van der Waals surface area contributed by atoms with Gasteiger partial charge < -0.3 is 5.73 Å². The highest BCUT2D eigenvalue weighted by molar-refractivity contribution is 5.90. The van der Waals surface area contributed by atoms with Crippen molar-refractivity contribution in [2.75, 3.05) is 5.73 Å². The van der Waals surface area contributed by atoms with Crippen molar-refractivity contribution >= 4 is 16.6 Å². The average Bonchev–Trinajstić information content (AvgIpc) is 2.36. The molecule has 1 aromatic carbocycles. The second-order valence-electron chi connectivity index (χ2n) is 4.21. The summed E-state index contributed by atoms with van der Waals surface area (Å²) in [4.78, 5) is 4.48. The Balaban J connectivity index is 0.000000686. The molecule has 2 rings (SSSR count). The van der Waals surface area contributed by atoms with Gasteiger partial charge in [0.2, 0.25) is 0 Å². The third-order valence-electron chi connectivity index (χ3n) is 2.78. The molecule has 0 spiro atoms. The number of nitrogens with zero attached hydrogens (tertiary/aromatic N) is 1. The monoisotopic (exact) mass is 230 g/mol. The minimum absolute atomic E-state index is 0.401. The van der Waals surface area contributed by atoms with Crippen LogP contribution in [-0.2, 0) is 0 Å². The molecule has 0 radical (unpaired) electrons. The van der Waals surface area contributed by atoms with Gasteiger partial charge in [-0.15, -0.1) is 0 Å². The van der Waals surface area contributed by atoms with Crippen LogP contribution in [0, 0.1) is 6.92 Å². The summed E-state index contributed by atoms with van der Waals surface area (Å²) in [5.41, 5.74) is 8.08. The van der Waals surface area contributed by atoms with Crippen LogP contribution in [0.15, 0.2) is 24.3 Å². The van der Waals surface area contributed by atoms with E-state index in [0.29, 0.717) is 11.7 Å². The highest BCUT2D eigenvalue weighted by atomic mass is 14.8. The van der Waals surface area contributed by atoms with E-state index in [-0.39, 0.29) is 0 Å². The first-order chi connectivity index (χ1) is 8.11. The van der Waals surface area contributed by atoms with Gasteiger partial charge in [-0.1, -0.05) is 52.0 Å². The summed E-state index contributed by atoms with van der Waals surface area (Å²) >= 11 is 0. The summed E-state index contributed by atoms with van der Waals surface area (Å²) in [6.07, 6.45) is 0. The fourth-order valence-corrected chi connectivity index (χ4v) is 1.89. The highest BCUT2D eigenvalue weighted by Crippen LogP contribution is 2.28. The van der Waals surface area contributed by atoms with Crippen molar-refractivity contribution in [2.45, 2.75) is 40.5 Å². The lowest BCUT2D eigenvalue weighted by Gasteiger charge is -2.12. The molecule has 0 fully saturated rings. The molecule has 0 bridgehead atoms. The summed E-state index contributed by atoms with van der Waals surface area (Å²) < 4.78 is 0. The number of benzene rings is 1. The molecule has 2 nitrogen and oxygen atoms in total. The van der Waals surface area contributed by atoms with E-state index >= 15 is 0 Å². The molecule has 1 heterocycles. The molecular formula is C15H22N2. The maximum absolute atomic E-state index is 5.91. The van der Waals surface area contributed by atoms with E-state index in [1.807, 2.05) is 32.9 Å². The topological polar surface area (TPSA) is 38.9 Å². The van der Waals surface area contributed by atoms with Crippen LogP contribution < -0.4 is 5.73 Å². The van der Waals surface area contributed by atoms with Gasteiger partial charge in [-0.2, -0.15) is 0 Å².